The third kappa shape index (κ3) is 5.85. The number of benzene rings is 2. The molecule has 2 aliphatic heterocycles. The summed E-state index contributed by atoms with van der Waals surface area (Å²) in [6.45, 7) is 28.5. The highest BCUT2D eigenvalue weighted by atomic mass is 16.5. The van der Waals surface area contributed by atoms with Crippen LogP contribution in [0.2, 0.25) is 0 Å². The van der Waals surface area contributed by atoms with Crippen LogP contribution in [0, 0.1) is 0 Å². The Hall–Kier alpha value is -3.08. The highest BCUT2D eigenvalue weighted by Gasteiger charge is 2.44. The number of anilines is 2. The number of unbranched alkanes of at least 4 members (excludes halogenated alkanes) is 1. The molecule has 2 heterocycles. The number of rotatable bonds is 9. The van der Waals surface area contributed by atoms with Crippen molar-refractivity contribution in [1.29, 1.82) is 0 Å². The Kier molecular flexibility index (Phi) is 9.07. The molecule has 3 aliphatic rings. The minimum absolute atomic E-state index is 0.00586. The van der Waals surface area contributed by atoms with Crippen LogP contribution < -0.4 is 14.8 Å². The van der Waals surface area contributed by atoms with Crippen LogP contribution in [0.1, 0.15) is 148 Å². The Bertz CT molecular complexity index is 1530. The topological polar surface area (TPSA) is 46.8 Å². The zero-order valence-electron chi connectivity index (χ0n) is 30.0. The van der Waals surface area contributed by atoms with Crippen LogP contribution in [-0.2, 0) is 14.9 Å². The molecule has 1 unspecified atom stereocenters. The van der Waals surface area contributed by atoms with Crippen LogP contribution in [0.15, 0.2) is 30.3 Å². The maximum Gasteiger partial charge on any atom is 0.305 e. The van der Waals surface area contributed by atoms with Crippen molar-refractivity contribution < 1.29 is 14.5 Å². The van der Waals surface area contributed by atoms with Gasteiger partial charge in [-0.1, -0.05) is 40.2 Å². The maximum absolute atomic E-state index is 12.2. The molecule has 244 valence electrons. The molecule has 2 aromatic rings. The average Bonchev–Trinajstić information content (AvgIpc) is 2.95. The van der Waals surface area contributed by atoms with Crippen molar-refractivity contribution in [3.63, 3.8) is 0 Å². The summed E-state index contributed by atoms with van der Waals surface area (Å²) in [6, 6.07) is 10.0. The Morgan fingerprint density at radius 2 is 1.58 bits per heavy atom. The summed E-state index contributed by atoms with van der Waals surface area (Å²) in [5, 5.41) is 0. The quantitative estimate of drug-likeness (QED) is 0.235. The lowest BCUT2D eigenvalue weighted by Crippen LogP contribution is -2.74. The van der Waals surface area contributed by atoms with E-state index in [2.05, 4.69) is 114 Å². The summed E-state index contributed by atoms with van der Waals surface area (Å²) < 4.78 is 5.26. The van der Waals surface area contributed by atoms with Gasteiger partial charge in [0.1, 0.15) is 6.54 Å². The second-order valence-electron chi connectivity index (χ2n) is 15.4. The number of ether oxygens (including phenoxy) is 1. The van der Waals surface area contributed by atoms with Crippen LogP contribution in [0.5, 0.6) is 0 Å². The van der Waals surface area contributed by atoms with Gasteiger partial charge < -0.3 is 14.5 Å². The fourth-order valence-corrected chi connectivity index (χ4v) is 8.59. The van der Waals surface area contributed by atoms with Crippen molar-refractivity contribution in [2.45, 2.75) is 131 Å². The number of likely N-dealkylation sites (N-methyl/N-ethyl adjacent to an activating group) is 1. The average molecular weight is 613 g/mol. The van der Waals surface area contributed by atoms with Gasteiger partial charge in [0, 0.05) is 53.8 Å². The SMILES string of the molecule is CCCC[NH+]=C1c2cc3c(cc2C(C)(C)c2cc4c(cc21)C(C)CC(C)(C)N4CCCC(=O)OCC)N(CC)C(C)(C)C=C3C. The fraction of sp³-hybridized carbons (Fsp3) is 0.600. The zero-order chi connectivity index (χ0) is 32.9. The molecule has 1 N–H and O–H groups in total. The summed E-state index contributed by atoms with van der Waals surface area (Å²) in [4.78, 5) is 21.3. The largest absolute Gasteiger partial charge is 0.466 e. The number of esters is 1. The molecule has 0 spiro atoms. The van der Waals surface area contributed by atoms with E-state index in [-0.39, 0.29) is 22.5 Å². The predicted molar refractivity (Wildman–Crippen MR) is 190 cm³/mol. The molecule has 5 heteroatoms. The predicted octanol–water partition coefficient (Wildman–Crippen LogP) is 7.50. The molecule has 0 saturated heterocycles. The first-order valence-corrected chi connectivity index (χ1v) is 17.6. The van der Waals surface area contributed by atoms with Crippen LogP contribution in [0.25, 0.3) is 5.57 Å². The molecule has 0 bridgehead atoms. The lowest BCUT2D eigenvalue weighted by Gasteiger charge is -2.49. The van der Waals surface area contributed by atoms with Crippen LogP contribution >= 0.6 is 0 Å². The van der Waals surface area contributed by atoms with Gasteiger partial charge in [-0.15, -0.1) is 0 Å². The molecule has 2 aromatic carbocycles. The number of nitrogens with one attached hydrogen (secondary N) is 1. The first kappa shape index (κ1) is 33.3. The number of carbonyl (C=O) groups is 1. The standard InChI is InChI=1S/C40H57N3O2/c1-12-15-18-41-37-30-20-28-26(4)24-38(6,7)42(13-2)34(28)22-32(30)40(10,11)33-23-35-29(21-31(33)37)27(5)25-39(8,9)43(35)19-16-17-36(44)45-14-3/h20-24,27H,12-19,25H2,1-11H3/p+1. The Morgan fingerprint density at radius 1 is 0.911 bits per heavy atom. The zero-order valence-corrected chi connectivity index (χ0v) is 30.0. The van der Waals surface area contributed by atoms with Gasteiger partial charge >= 0.3 is 5.97 Å². The Labute approximate surface area is 273 Å². The number of carbonyl (C=O) groups excluding carboxylic acids is 1. The number of hydrogen-bond acceptors (Lipinski definition) is 4. The number of fused-ring (bicyclic) bond motifs is 4. The first-order valence-electron chi connectivity index (χ1n) is 17.6. The van der Waals surface area contributed by atoms with E-state index in [0.717, 1.165) is 45.3 Å². The van der Waals surface area contributed by atoms with Gasteiger partial charge in [-0.3, -0.25) is 4.79 Å². The van der Waals surface area contributed by atoms with Crippen molar-refractivity contribution in [2.24, 2.45) is 0 Å². The van der Waals surface area contributed by atoms with E-state index in [0.29, 0.717) is 18.9 Å². The second-order valence-corrected chi connectivity index (χ2v) is 15.4. The number of hydrogen-bond donors (Lipinski definition) is 1. The van der Waals surface area contributed by atoms with Crippen molar-refractivity contribution >= 4 is 28.6 Å². The van der Waals surface area contributed by atoms with Gasteiger partial charge in [-0.05, 0) is 114 Å². The third-order valence-electron chi connectivity index (χ3n) is 10.7. The normalized spacial score (nSPS) is 21.4. The molecule has 0 saturated carbocycles. The molecule has 5 nitrogen and oxygen atoms in total. The van der Waals surface area contributed by atoms with Gasteiger partial charge in [-0.25, -0.2) is 4.99 Å². The highest BCUT2D eigenvalue weighted by Crippen LogP contribution is 2.51. The van der Waals surface area contributed by atoms with E-state index < -0.39 is 0 Å². The van der Waals surface area contributed by atoms with E-state index in [1.165, 1.54) is 56.0 Å². The summed E-state index contributed by atoms with van der Waals surface area (Å²) in [6.07, 6.45) is 7.07. The van der Waals surface area contributed by atoms with Crippen molar-refractivity contribution in [3.8, 4) is 0 Å². The van der Waals surface area contributed by atoms with Gasteiger partial charge in [0.05, 0.1) is 23.3 Å². The first-order chi connectivity index (χ1) is 21.2. The van der Waals surface area contributed by atoms with Crippen molar-refractivity contribution in [3.05, 3.63) is 63.7 Å². The molecule has 5 rings (SSSR count). The van der Waals surface area contributed by atoms with Crippen LogP contribution in [0.3, 0.4) is 0 Å². The summed E-state index contributed by atoms with van der Waals surface area (Å²) >= 11 is 0. The molecule has 1 aliphatic carbocycles. The van der Waals surface area contributed by atoms with E-state index in [1.807, 2.05) is 6.92 Å². The third-order valence-corrected chi connectivity index (χ3v) is 10.7. The summed E-state index contributed by atoms with van der Waals surface area (Å²) in [7, 11) is 0. The van der Waals surface area contributed by atoms with Crippen molar-refractivity contribution in [2.75, 3.05) is 36.0 Å². The molecule has 1 atom stereocenters. The molecular formula is C40H58N3O2+. The van der Waals surface area contributed by atoms with E-state index in [1.54, 1.807) is 0 Å². The lowest BCUT2D eigenvalue weighted by atomic mass is 9.65. The number of nitrogens with zero attached hydrogens (tertiary/aromatic N) is 2. The Balaban J connectivity index is 1.70. The maximum atomic E-state index is 12.2. The fourth-order valence-electron chi connectivity index (χ4n) is 8.59. The molecule has 0 radical (unpaired) electrons. The molecule has 0 aromatic heterocycles. The van der Waals surface area contributed by atoms with Gasteiger partial charge in [-0.2, -0.15) is 0 Å². The number of allylic oxidation sites excluding steroid dienone is 1. The molecule has 0 fully saturated rings. The highest BCUT2D eigenvalue weighted by molar-refractivity contribution is 6.14. The molecular weight excluding hydrogens is 554 g/mol. The lowest BCUT2D eigenvalue weighted by molar-refractivity contribution is -0.456. The monoisotopic (exact) mass is 612 g/mol. The van der Waals surface area contributed by atoms with Crippen LogP contribution in [0.4, 0.5) is 11.4 Å². The molecule has 45 heavy (non-hydrogen) atoms. The smallest absolute Gasteiger partial charge is 0.305 e. The van der Waals surface area contributed by atoms with Gasteiger partial charge in [0.25, 0.3) is 0 Å². The molecule has 0 amide bonds. The Morgan fingerprint density at radius 3 is 2.22 bits per heavy atom. The van der Waals surface area contributed by atoms with Crippen LogP contribution in [-0.4, -0.2) is 49.0 Å². The van der Waals surface area contributed by atoms with E-state index in [4.69, 9.17) is 4.74 Å². The minimum atomic E-state index is -0.190. The van der Waals surface area contributed by atoms with E-state index >= 15 is 0 Å². The summed E-state index contributed by atoms with van der Waals surface area (Å²) in [5.74, 6) is 0.344. The second kappa shape index (κ2) is 12.3. The summed E-state index contributed by atoms with van der Waals surface area (Å²) in [5.41, 5.74) is 13.3. The van der Waals surface area contributed by atoms with E-state index in [9.17, 15) is 4.79 Å². The van der Waals surface area contributed by atoms with Gasteiger partial charge in [0.15, 0.2) is 0 Å². The van der Waals surface area contributed by atoms with Crippen molar-refractivity contribution in [1.82, 2.24) is 0 Å². The minimum Gasteiger partial charge on any atom is -0.466 e. The van der Waals surface area contributed by atoms with Gasteiger partial charge in [0.2, 0.25) is 5.71 Å².